The van der Waals surface area contributed by atoms with Gasteiger partial charge in [0.05, 0.1) is 17.4 Å². The SMILES string of the molecule is N#CCc1ccc(NC(=O)c2sccc2-c2ccccc2)cc1. The summed E-state index contributed by atoms with van der Waals surface area (Å²) in [5, 5.41) is 13.5. The zero-order chi connectivity index (χ0) is 16.1. The zero-order valence-electron chi connectivity index (χ0n) is 12.3. The molecule has 0 unspecified atom stereocenters. The third-order valence-corrected chi connectivity index (χ3v) is 4.36. The molecule has 0 aliphatic heterocycles. The van der Waals surface area contributed by atoms with Crippen molar-refractivity contribution in [2.45, 2.75) is 6.42 Å². The van der Waals surface area contributed by atoms with Crippen LogP contribution in [0.5, 0.6) is 0 Å². The summed E-state index contributed by atoms with van der Waals surface area (Å²) in [4.78, 5) is 13.2. The third kappa shape index (κ3) is 3.47. The van der Waals surface area contributed by atoms with Crippen molar-refractivity contribution in [3.05, 3.63) is 76.5 Å². The van der Waals surface area contributed by atoms with Crippen LogP contribution in [0.2, 0.25) is 0 Å². The Labute approximate surface area is 138 Å². The van der Waals surface area contributed by atoms with Crippen LogP contribution >= 0.6 is 11.3 Å². The number of nitriles is 1. The number of hydrogen-bond donors (Lipinski definition) is 1. The topological polar surface area (TPSA) is 52.9 Å². The van der Waals surface area contributed by atoms with Crippen LogP contribution in [0.25, 0.3) is 11.1 Å². The van der Waals surface area contributed by atoms with Gasteiger partial charge in [-0.15, -0.1) is 11.3 Å². The van der Waals surface area contributed by atoms with Gasteiger partial charge in [0.15, 0.2) is 0 Å². The highest BCUT2D eigenvalue weighted by Gasteiger charge is 2.14. The second-order valence-corrected chi connectivity index (χ2v) is 5.93. The van der Waals surface area contributed by atoms with Crippen molar-refractivity contribution in [2.24, 2.45) is 0 Å². The molecule has 4 heteroatoms. The van der Waals surface area contributed by atoms with Crippen LogP contribution in [0.15, 0.2) is 66.0 Å². The van der Waals surface area contributed by atoms with Crippen molar-refractivity contribution >= 4 is 22.9 Å². The van der Waals surface area contributed by atoms with Crippen LogP contribution in [0.1, 0.15) is 15.2 Å². The van der Waals surface area contributed by atoms with E-state index in [-0.39, 0.29) is 5.91 Å². The first kappa shape index (κ1) is 15.0. The van der Waals surface area contributed by atoms with Crippen molar-refractivity contribution in [2.75, 3.05) is 5.32 Å². The van der Waals surface area contributed by atoms with Gasteiger partial charge < -0.3 is 5.32 Å². The van der Waals surface area contributed by atoms with Crippen LogP contribution in [-0.4, -0.2) is 5.91 Å². The zero-order valence-corrected chi connectivity index (χ0v) is 13.1. The van der Waals surface area contributed by atoms with E-state index in [1.165, 1.54) is 11.3 Å². The highest BCUT2D eigenvalue weighted by molar-refractivity contribution is 7.12. The minimum Gasteiger partial charge on any atom is -0.321 e. The molecule has 0 aliphatic rings. The quantitative estimate of drug-likeness (QED) is 0.756. The van der Waals surface area contributed by atoms with Crippen molar-refractivity contribution in [1.29, 1.82) is 5.26 Å². The summed E-state index contributed by atoms with van der Waals surface area (Å²) in [5.41, 5.74) is 3.63. The molecule has 0 aliphatic carbocycles. The van der Waals surface area contributed by atoms with E-state index in [1.54, 1.807) is 0 Å². The maximum Gasteiger partial charge on any atom is 0.266 e. The van der Waals surface area contributed by atoms with Gasteiger partial charge in [-0.3, -0.25) is 4.79 Å². The number of carbonyl (C=O) groups is 1. The number of carbonyl (C=O) groups excluding carboxylic acids is 1. The van der Waals surface area contributed by atoms with Crippen molar-refractivity contribution < 1.29 is 4.79 Å². The molecule has 1 amide bonds. The largest absolute Gasteiger partial charge is 0.321 e. The van der Waals surface area contributed by atoms with Crippen LogP contribution in [0.4, 0.5) is 5.69 Å². The number of thiophene rings is 1. The molecular weight excluding hydrogens is 304 g/mol. The van der Waals surface area contributed by atoms with Gasteiger partial charge in [-0.1, -0.05) is 42.5 Å². The van der Waals surface area contributed by atoms with E-state index in [0.29, 0.717) is 11.3 Å². The molecule has 1 aromatic heterocycles. The first-order valence-electron chi connectivity index (χ1n) is 7.18. The molecule has 2 aromatic carbocycles. The first-order valence-corrected chi connectivity index (χ1v) is 8.06. The Hall–Kier alpha value is -2.90. The Kier molecular flexibility index (Phi) is 4.51. The summed E-state index contributed by atoms with van der Waals surface area (Å²) in [6.07, 6.45) is 0.372. The smallest absolute Gasteiger partial charge is 0.266 e. The van der Waals surface area contributed by atoms with Gasteiger partial charge in [-0.2, -0.15) is 5.26 Å². The first-order chi connectivity index (χ1) is 11.3. The standard InChI is InChI=1S/C19H14N2OS/c20-12-10-14-6-8-16(9-7-14)21-19(22)18-17(11-13-23-18)15-4-2-1-3-5-15/h1-9,11,13H,10H2,(H,21,22). The van der Waals surface area contributed by atoms with E-state index < -0.39 is 0 Å². The average molecular weight is 318 g/mol. The van der Waals surface area contributed by atoms with E-state index in [4.69, 9.17) is 5.26 Å². The van der Waals surface area contributed by atoms with E-state index >= 15 is 0 Å². The monoisotopic (exact) mass is 318 g/mol. The number of amides is 1. The highest BCUT2D eigenvalue weighted by Crippen LogP contribution is 2.28. The molecule has 0 spiro atoms. The number of rotatable bonds is 4. The van der Waals surface area contributed by atoms with E-state index in [9.17, 15) is 4.79 Å². The fraction of sp³-hybridized carbons (Fsp3) is 0.0526. The summed E-state index contributed by atoms with van der Waals surface area (Å²) in [5.74, 6) is -0.119. The molecule has 3 aromatic rings. The van der Waals surface area contributed by atoms with Crippen LogP contribution in [-0.2, 0) is 6.42 Å². The molecule has 23 heavy (non-hydrogen) atoms. The van der Waals surface area contributed by atoms with Gasteiger partial charge in [0.25, 0.3) is 5.91 Å². The van der Waals surface area contributed by atoms with Crippen LogP contribution in [0.3, 0.4) is 0 Å². The number of hydrogen-bond acceptors (Lipinski definition) is 3. The molecule has 0 bridgehead atoms. The maximum atomic E-state index is 12.5. The van der Waals surface area contributed by atoms with E-state index in [2.05, 4.69) is 11.4 Å². The highest BCUT2D eigenvalue weighted by atomic mass is 32.1. The predicted molar refractivity (Wildman–Crippen MR) is 93.5 cm³/mol. The van der Waals surface area contributed by atoms with E-state index in [0.717, 1.165) is 22.4 Å². The van der Waals surface area contributed by atoms with Gasteiger partial charge >= 0.3 is 0 Å². The molecule has 3 nitrogen and oxygen atoms in total. The molecule has 3 rings (SSSR count). The molecule has 0 fully saturated rings. The average Bonchev–Trinajstić information content (AvgIpc) is 3.07. The predicted octanol–water partition coefficient (Wildman–Crippen LogP) is 4.73. The molecule has 112 valence electrons. The lowest BCUT2D eigenvalue weighted by molar-refractivity contribution is 0.103. The summed E-state index contributed by atoms with van der Waals surface area (Å²) in [6, 6.07) is 21.3. The lowest BCUT2D eigenvalue weighted by Gasteiger charge is -2.07. The van der Waals surface area contributed by atoms with Gasteiger partial charge in [-0.25, -0.2) is 0 Å². The molecule has 0 radical (unpaired) electrons. The van der Waals surface area contributed by atoms with Crippen molar-refractivity contribution in [3.8, 4) is 17.2 Å². The minimum atomic E-state index is -0.119. The molecular formula is C19H14N2OS. The Bertz CT molecular complexity index is 845. The third-order valence-electron chi connectivity index (χ3n) is 3.45. The Morgan fingerprint density at radius 3 is 2.48 bits per heavy atom. The Morgan fingerprint density at radius 1 is 1.04 bits per heavy atom. The van der Waals surface area contributed by atoms with Crippen LogP contribution in [0, 0.1) is 11.3 Å². The summed E-state index contributed by atoms with van der Waals surface area (Å²) < 4.78 is 0. The van der Waals surface area contributed by atoms with Crippen molar-refractivity contribution in [1.82, 2.24) is 0 Å². The number of anilines is 1. The second-order valence-electron chi connectivity index (χ2n) is 5.02. The number of nitrogens with one attached hydrogen (secondary N) is 1. The fourth-order valence-corrected chi connectivity index (χ4v) is 3.13. The van der Waals surface area contributed by atoms with Gasteiger partial charge in [-0.05, 0) is 34.7 Å². The number of nitrogens with zero attached hydrogens (tertiary/aromatic N) is 1. The maximum absolute atomic E-state index is 12.5. The Morgan fingerprint density at radius 2 is 1.78 bits per heavy atom. The lowest BCUT2D eigenvalue weighted by atomic mass is 10.1. The minimum absolute atomic E-state index is 0.119. The van der Waals surface area contributed by atoms with Gasteiger partial charge in [0.2, 0.25) is 0 Å². The normalized spacial score (nSPS) is 10.0. The lowest BCUT2D eigenvalue weighted by Crippen LogP contribution is -2.11. The molecule has 1 heterocycles. The summed E-state index contributed by atoms with van der Waals surface area (Å²) in [7, 11) is 0. The second kappa shape index (κ2) is 6.91. The van der Waals surface area contributed by atoms with Gasteiger partial charge in [0.1, 0.15) is 0 Å². The summed E-state index contributed by atoms with van der Waals surface area (Å²) >= 11 is 1.43. The van der Waals surface area contributed by atoms with Crippen LogP contribution < -0.4 is 5.32 Å². The molecule has 1 N–H and O–H groups in total. The molecule has 0 saturated carbocycles. The van der Waals surface area contributed by atoms with Crippen molar-refractivity contribution in [3.63, 3.8) is 0 Å². The number of benzene rings is 2. The fourth-order valence-electron chi connectivity index (χ4n) is 2.32. The molecule has 0 saturated heterocycles. The summed E-state index contributed by atoms with van der Waals surface area (Å²) in [6.45, 7) is 0. The van der Waals surface area contributed by atoms with E-state index in [1.807, 2.05) is 66.0 Å². The molecule has 0 atom stereocenters. The Balaban J connectivity index is 1.79. The van der Waals surface area contributed by atoms with Gasteiger partial charge in [0, 0.05) is 11.3 Å².